The molecule has 0 bridgehead atoms. The highest BCUT2D eigenvalue weighted by Gasteiger charge is 2.68. The van der Waals surface area contributed by atoms with Crippen molar-refractivity contribution in [2.45, 2.75) is 69.8 Å². The minimum Gasteiger partial charge on any atom is -0.312 e. The zero-order valence-electron chi connectivity index (χ0n) is 19.4. The van der Waals surface area contributed by atoms with Gasteiger partial charge >= 0.3 is 11.8 Å². The second kappa shape index (κ2) is 8.56. The fourth-order valence-electron chi connectivity index (χ4n) is 4.52. The van der Waals surface area contributed by atoms with Crippen LogP contribution in [-0.4, -0.2) is 40.4 Å². The SMILES string of the molecule is CC(C)(C)c1ccc(C(=O)NC2(C(F)(F)F)N=C(c3ccccc3)N(C3CCCC3)C2=O)cc1. The Labute approximate surface area is 197 Å². The van der Waals surface area contributed by atoms with Crippen LogP contribution in [0.5, 0.6) is 0 Å². The number of carbonyl (C=O) groups is 2. The van der Waals surface area contributed by atoms with E-state index in [1.54, 1.807) is 42.5 Å². The minimum atomic E-state index is -5.13. The fraction of sp³-hybridized carbons (Fsp3) is 0.423. The maximum absolute atomic E-state index is 14.5. The lowest BCUT2D eigenvalue weighted by Crippen LogP contribution is -2.64. The summed E-state index contributed by atoms with van der Waals surface area (Å²) in [4.78, 5) is 31.5. The third kappa shape index (κ3) is 4.21. The van der Waals surface area contributed by atoms with Crippen molar-refractivity contribution >= 4 is 17.6 Å². The number of amidine groups is 1. The molecule has 4 rings (SSSR count). The van der Waals surface area contributed by atoms with Crippen LogP contribution < -0.4 is 5.32 Å². The molecule has 1 unspecified atom stereocenters. The predicted octanol–water partition coefficient (Wildman–Crippen LogP) is 5.20. The first-order valence-corrected chi connectivity index (χ1v) is 11.4. The molecule has 34 heavy (non-hydrogen) atoms. The van der Waals surface area contributed by atoms with Crippen molar-refractivity contribution in [3.05, 3.63) is 71.3 Å². The number of benzene rings is 2. The van der Waals surface area contributed by atoms with E-state index < -0.39 is 29.7 Å². The van der Waals surface area contributed by atoms with Crippen molar-refractivity contribution in [2.75, 3.05) is 0 Å². The van der Waals surface area contributed by atoms with E-state index in [1.807, 2.05) is 26.1 Å². The molecule has 1 fully saturated rings. The van der Waals surface area contributed by atoms with Gasteiger partial charge < -0.3 is 5.32 Å². The molecule has 1 saturated carbocycles. The molecule has 2 aromatic carbocycles. The number of aliphatic imine (C=N–C) groups is 1. The summed E-state index contributed by atoms with van der Waals surface area (Å²) < 4.78 is 43.6. The summed E-state index contributed by atoms with van der Waals surface area (Å²) in [6.07, 6.45) is -2.30. The normalized spacial score (nSPS) is 21.6. The molecule has 0 radical (unpaired) electrons. The molecule has 5 nitrogen and oxygen atoms in total. The van der Waals surface area contributed by atoms with Crippen LogP contribution in [0, 0.1) is 0 Å². The number of hydrogen-bond donors (Lipinski definition) is 1. The summed E-state index contributed by atoms with van der Waals surface area (Å²) in [6, 6.07) is 14.3. The Morgan fingerprint density at radius 1 is 1.00 bits per heavy atom. The Morgan fingerprint density at radius 3 is 2.12 bits per heavy atom. The van der Waals surface area contributed by atoms with Crippen molar-refractivity contribution in [1.82, 2.24) is 10.2 Å². The highest BCUT2D eigenvalue weighted by Crippen LogP contribution is 2.41. The van der Waals surface area contributed by atoms with Crippen molar-refractivity contribution in [2.24, 2.45) is 4.99 Å². The minimum absolute atomic E-state index is 0.0280. The molecular weight excluding hydrogens is 443 g/mol. The number of amides is 2. The molecule has 0 aromatic heterocycles. The van der Waals surface area contributed by atoms with E-state index in [4.69, 9.17) is 0 Å². The molecule has 1 atom stereocenters. The third-order valence-electron chi connectivity index (χ3n) is 6.47. The van der Waals surface area contributed by atoms with Crippen LogP contribution in [0.2, 0.25) is 0 Å². The monoisotopic (exact) mass is 471 g/mol. The highest BCUT2D eigenvalue weighted by molar-refractivity contribution is 6.17. The summed E-state index contributed by atoms with van der Waals surface area (Å²) in [7, 11) is 0. The van der Waals surface area contributed by atoms with Crippen LogP contribution in [0.3, 0.4) is 0 Å². The lowest BCUT2D eigenvalue weighted by atomic mass is 9.86. The average Bonchev–Trinajstić information content (AvgIpc) is 3.40. The number of nitrogens with one attached hydrogen (secondary N) is 1. The number of halogens is 3. The molecule has 2 amide bonds. The predicted molar refractivity (Wildman–Crippen MR) is 123 cm³/mol. The zero-order chi connectivity index (χ0) is 24.7. The zero-order valence-corrected chi connectivity index (χ0v) is 19.4. The van der Waals surface area contributed by atoms with Crippen LogP contribution in [0.25, 0.3) is 0 Å². The standard InChI is InChI=1S/C26H28F3N3O2/c1-24(2,3)19-15-13-18(14-16-19)22(33)31-25(26(27,28)29)23(34)32(20-11-7-8-12-20)21(30-25)17-9-5-4-6-10-17/h4-6,9-10,13-16,20H,7-8,11-12H2,1-3H3,(H,31,33). The first kappa shape index (κ1) is 24.0. The lowest BCUT2D eigenvalue weighted by molar-refractivity contribution is -0.196. The smallest absolute Gasteiger partial charge is 0.312 e. The number of rotatable bonds is 4. The molecule has 1 aliphatic heterocycles. The quantitative estimate of drug-likeness (QED) is 0.666. The van der Waals surface area contributed by atoms with Crippen LogP contribution >= 0.6 is 0 Å². The van der Waals surface area contributed by atoms with E-state index in [2.05, 4.69) is 4.99 Å². The summed E-state index contributed by atoms with van der Waals surface area (Å²) >= 11 is 0. The molecular formula is C26H28F3N3O2. The van der Waals surface area contributed by atoms with Gasteiger partial charge in [-0.15, -0.1) is 0 Å². The first-order chi connectivity index (χ1) is 15.9. The van der Waals surface area contributed by atoms with Gasteiger partial charge in [0.25, 0.3) is 11.8 Å². The number of hydrogen-bond acceptors (Lipinski definition) is 3. The summed E-state index contributed by atoms with van der Waals surface area (Å²) in [5.74, 6) is -2.32. The van der Waals surface area contributed by atoms with E-state index in [1.165, 1.54) is 12.1 Å². The van der Waals surface area contributed by atoms with E-state index in [-0.39, 0.29) is 16.8 Å². The van der Waals surface area contributed by atoms with Gasteiger partial charge in [0.1, 0.15) is 5.84 Å². The van der Waals surface area contributed by atoms with Crippen LogP contribution in [0.1, 0.15) is 67.9 Å². The maximum atomic E-state index is 14.5. The van der Waals surface area contributed by atoms with Gasteiger partial charge in [-0.3, -0.25) is 14.5 Å². The van der Waals surface area contributed by atoms with Gasteiger partial charge in [-0.25, -0.2) is 4.99 Å². The molecule has 1 aliphatic carbocycles. The second-order valence-electron chi connectivity index (χ2n) is 9.90. The summed E-state index contributed by atoms with van der Waals surface area (Å²) in [6.45, 7) is 5.99. The maximum Gasteiger partial charge on any atom is 0.442 e. The Balaban J connectivity index is 1.75. The van der Waals surface area contributed by atoms with Crippen LogP contribution in [0.4, 0.5) is 13.2 Å². The van der Waals surface area contributed by atoms with E-state index in [0.717, 1.165) is 23.3 Å². The van der Waals surface area contributed by atoms with Crippen molar-refractivity contribution in [3.63, 3.8) is 0 Å². The van der Waals surface area contributed by atoms with Crippen LogP contribution in [0.15, 0.2) is 59.6 Å². The molecule has 2 aromatic rings. The Bertz CT molecular complexity index is 1100. The summed E-state index contributed by atoms with van der Waals surface area (Å²) in [5.41, 5.74) is -2.19. The van der Waals surface area contributed by atoms with Gasteiger partial charge in [-0.2, -0.15) is 13.2 Å². The molecule has 0 spiro atoms. The van der Waals surface area contributed by atoms with Gasteiger partial charge in [-0.1, -0.05) is 76.1 Å². The van der Waals surface area contributed by atoms with Crippen LogP contribution in [-0.2, 0) is 10.2 Å². The highest BCUT2D eigenvalue weighted by atomic mass is 19.4. The number of carbonyl (C=O) groups excluding carboxylic acids is 2. The average molecular weight is 472 g/mol. The Kier molecular flexibility index (Phi) is 6.04. The number of nitrogens with zero attached hydrogens (tertiary/aromatic N) is 2. The second-order valence-corrected chi connectivity index (χ2v) is 9.90. The molecule has 8 heteroatoms. The van der Waals surface area contributed by atoms with Gasteiger partial charge in [0, 0.05) is 17.2 Å². The Morgan fingerprint density at radius 2 is 1.59 bits per heavy atom. The fourth-order valence-corrected chi connectivity index (χ4v) is 4.52. The van der Waals surface area contributed by atoms with Gasteiger partial charge in [0.05, 0.1) is 0 Å². The molecule has 0 saturated heterocycles. The van der Waals surface area contributed by atoms with E-state index in [0.29, 0.717) is 18.4 Å². The van der Waals surface area contributed by atoms with Crippen molar-refractivity contribution in [3.8, 4) is 0 Å². The molecule has 1 N–H and O–H groups in total. The first-order valence-electron chi connectivity index (χ1n) is 11.4. The largest absolute Gasteiger partial charge is 0.442 e. The topological polar surface area (TPSA) is 61.8 Å². The number of alkyl halides is 3. The lowest BCUT2D eigenvalue weighted by Gasteiger charge is -2.31. The van der Waals surface area contributed by atoms with Crippen molar-refractivity contribution in [1.29, 1.82) is 0 Å². The van der Waals surface area contributed by atoms with Crippen molar-refractivity contribution < 1.29 is 22.8 Å². The molecule has 2 aliphatic rings. The molecule has 180 valence electrons. The van der Waals surface area contributed by atoms with Gasteiger partial charge in [0.15, 0.2) is 0 Å². The Hall–Kier alpha value is -3.16. The van der Waals surface area contributed by atoms with Gasteiger partial charge in [0.2, 0.25) is 0 Å². The molecule has 1 heterocycles. The van der Waals surface area contributed by atoms with E-state index >= 15 is 0 Å². The summed E-state index contributed by atoms with van der Waals surface area (Å²) in [5, 5.41) is 1.97. The van der Waals surface area contributed by atoms with Gasteiger partial charge in [-0.05, 0) is 36.0 Å². The third-order valence-corrected chi connectivity index (χ3v) is 6.47. The van der Waals surface area contributed by atoms with E-state index in [9.17, 15) is 22.8 Å².